The molecule has 0 rings (SSSR count). The molecule has 0 aromatic heterocycles. The van der Waals surface area contributed by atoms with Crippen molar-refractivity contribution in [2.45, 2.75) is 79.1 Å². The zero-order valence-electron chi connectivity index (χ0n) is 18.0. The summed E-state index contributed by atoms with van der Waals surface area (Å²) in [6, 6.07) is 0. The summed E-state index contributed by atoms with van der Waals surface area (Å²) in [7, 11) is 0. The lowest BCUT2D eigenvalue weighted by Gasteiger charge is -2.16. The minimum Gasteiger partial charge on any atom is -0.465 e. The fourth-order valence-electron chi connectivity index (χ4n) is 2.11. The molecule has 0 aliphatic rings. The molecule has 0 N–H and O–H groups in total. The van der Waals surface area contributed by atoms with E-state index in [9.17, 15) is 4.79 Å². The first-order valence-corrected chi connectivity index (χ1v) is 10.4. The van der Waals surface area contributed by atoms with E-state index in [4.69, 9.17) is 4.74 Å². The van der Waals surface area contributed by atoms with E-state index in [1.165, 1.54) is 0 Å². The highest BCUT2D eigenvalue weighted by Crippen LogP contribution is 2.15. The van der Waals surface area contributed by atoms with Gasteiger partial charge in [-0.25, -0.2) is 0 Å². The summed E-state index contributed by atoms with van der Waals surface area (Å²) in [6.45, 7) is 8.33. The first kappa shape index (κ1) is 25.2. The SMILES string of the molecule is CC/C=C/C/C=C\C/C=C/C/C=C/C/C=C/CCCCOC(=O)C(C)(C)C. The molecule has 0 radical (unpaired) electrons. The van der Waals surface area contributed by atoms with E-state index >= 15 is 0 Å². The van der Waals surface area contributed by atoms with Crippen LogP contribution in [0.15, 0.2) is 60.8 Å². The highest BCUT2D eigenvalue weighted by atomic mass is 16.5. The maximum Gasteiger partial charge on any atom is 0.311 e. The number of hydrogen-bond acceptors (Lipinski definition) is 2. The fourth-order valence-corrected chi connectivity index (χ4v) is 2.11. The number of hydrogen-bond donors (Lipinski definition) is 0. The van der Waals surface area contributed by atoms with E-state index in [-0.39, 0.29) is 5.97 Å². The normalized spacial score (nSPS) is 13.2. The highest BCUT2D eigenvalue weighted by molar-refractivity contribution is 5.75. The second-order valence-corrected chi connectivity index (χ2v) is 7.59. The van der Waals surface area contributed by atoms with Crippen molar-refractivity contribution in [1.29, 1.82) is 0 Å². The molecule has 0 fully saturated rings. The summed E-state index contributed by atoms with van der Waals surface area (Å²) in [4.78, 5) is 11.6. The average Bonchev–Trinajstić information content (AvgIpc) is 2.62. The molecule has 2 nitrogen and oxygen atoms in total. The molecule has 0 aliphatic carbocycles. The predicted octanol–water partition coefficient (Wildman–Crippen LogP) is 7.50. The summed E-state index contributed by atoms with van der Waals surface area (Å²) in [5, 5.41) is 0. The lowest BCUT2D eigenvalue weighted by Crippen LogP contribution is -2.23. The van der Waals surface area contributed by atoms with Crippen molar-refractivity contribution in [1.82, 2.24) is 0 Å². The molecule has 0 aliphatic heterocycles. The average molecular weight is 373 g/mol. The number of allylic oxidation sites excluding steroid dienone is 10. The minimum absolute atomic E-state index is 0.114. The molecule has 0 bridgehead atoms. The highest BCUT2D eigenvalue weighted by Gasteiger charge is 2.22. The Hall–Kier alpha value is -1.83. The second-order valence-electron chi connectivity index (χ2n) is 7.59. The Balaban J connectivity index is 3.51. The zero-order chi connectivity index (χ0) is 20.2. The van der Waals surface area contributed by atoms with E-state index in [0.717, 1.165) is 51.4 Å². The molecule has 2 heteroatoms. The van der Waals surface area contributed by atoms with Crippen molar-refractivity contribution >= 4 is 5.97 Å². The van der Waals surface area contributed by atoms with Gasteiger partial charge in [-0.1, -0.05) is 67.7 Å². The van der Waals surface area contributed by atoms with Gasteiger partial charge < -0.3 is 4.74 Å². The van der Waals surface area contributed by atoms with Crippen molar-refractivity contribution < 1.29 is 9.53 Å². The molecule has 0 atom stereocenters. The van der Waals surface area contributed by atoms with Gasteiger partial charge in [0.1, 0.15) is 0 Å². The summed E-state index contributed by atoms with van der Waals surface area (Å²) in [5.74, 6) is -0.114. The van der Waals surface area contributed by atoms with Crippen LogP contribution in [0.5, 0.6) is 0 Å². The summed E-state index contributed by atoms with van der Waals surface area (Å²) >= 11 is 0. The Labute approximate surface area is 167 Å². The van der Waals surface area contributed by atoms with E-state index in [2.05, 4.69) is 67.7 Å². The topological polar surface area (TPSA) is 26.3 Å². The minimum atomic E-state index is -0.399. The number of ether oxygens (including phenoxy) is 1. The van der Waals surface area contributed by atoms with Crippen molar-refractivity contribution in [3.63, 3.8) is 0 Å². The monoisotopic (exact) mass is 372 g/mol. The van der Waals surface area contributed by atoms with Crippen LogP contribution in [0.2, 0.25) is 0 Å². The third kappa shape index (κ3) is 18.8. The van der Waals surface area contributed by atoms with Crippen molar-refractivity contribution in [2.75, 3.05) is 6.61 Å². The van der Waals surface area contributed by atoms with Crippen molar-refractivity contribution in [2.24, 2.45) is 5.41 Å². The third-order valence-electron chi connectivity index (χ3n) is 3.77. The molecule has 0 amide bonds. The number of esters is 1. The van der Waals surface area contributed by atoms with Gasteiger partial charge in [-0.2, -0.15) is 0 Å². The summed E-state index contributed by atoms with van der Waals surface area (Å²) in [5.41, 5.74) is -0.399. The van der Waals surface area contributed by atoms with Crippen LogP contribution in [0.25, 0.3) is 0 Å². The molecule has 0 aromatic rings. The van der Waals surface area contributed by atoms with Gasteiger partial charge in [0.2, 0.25) is 0 Å². The van der Waals surface area contributed by atoms with Gasteiger partial charge in [0.25, 0.3) is 0 Å². The van der Waals surface area contributed by atoms with Gasteiger partial charge in [-0.3, -0.25) is 4.79 Å². The fraction of sp³-hybridized carbons (Fsp3) is 0.560. The van der Waals surface area contributed by atoms with Crippen LogP contribution in [-0.4, -0.2) is 12.6 Å². The Morgan fingerprint density at radius 3 is 1.59 bits per heavy atom. The molecule has 0 aromatic carbocycles. The molecule has 0 saturated carbocycles. The molecular weight excluding hydrogens is 332 g/mol. The number of carbonyl (C=O) groups excluding carboxylic acids is 1. The predicted molar refractivity (Wildman–Crippen MR) is 119 cm³/mol. The molecule has 152 valence electrons. The third-order valence-corrected chi connectivity index (χ3v) is 3.77. The van der Waals surface area contributed by atoms with E-state index in [0.29, 0.717) is 6.61 Å². The second kappa shape index (κ2) is 17.6. The summed E-state index contributed by atoms with van der Waals surface area (Å²) in [6.07, 6.45) is 30.3. The van der Waals surface area contributed by atoms with Gasteiger partial charge in [-0.05, 0) is 72.1 Å². The maximum atomic E-state index is 11.6. The van der Waals surface area contributed by atoms with Gasteiger partial charge in [0.15, 0.2) is 0 Å². The maximum absolute atomic E-state index is 11.6. The number of rotatable bonds is 14. The molecule has 0 saturated heterocycles. The molecule has 0 unspecified atom stereocenters. The van der Waals surface area contributed by atoms with Crippen LogP contribution in [0, 0.1) is 5.41 Å². The molecule has 27 heavy (non-hydrogen) atoms. The van der Waals surface area contributed by atoms with Crippen LogP contribution < -0.4 is 0 Å². The summed E-state index contributed by atoms with van der Waals surface area (Å²) < 4.78 is 5.25. The van der Waals surface area contributed by atoms with Crippen LogP contribution in [0.4, 0.5) is 0 Å². The molecule has 0 spiro atoms. The largest absolute Gasteiger partial charge is 0.465 e. The van der Waals surface area contributed by atoms with E-state index in [1.807, 2.05) is 20.8 Å². The first-order valence-electron chi connectivity index (χ1n) is 10.4. The first-order chi connectivity index (χ1) is 13.0. The van der Waals surface area contributed by atoms with Crippen LogP contribution in [-0.2, 0) is 9.53 Å². The number of carbonyl (C=O) groups is 1. The van der Waals surface area contributed by atoms with Gasteiger partial charge in [-0.15, -0.1) is 0 Å². The Morgan fingerprint density at radius 2 is 1.15 bits per heavy atom. The zero-order valence-corrected chi connectivity index (χ0v) is 18.0. The van der Waals surface area contributed by atoms with Gasteiger partial charge in [0, 0.05) is 0 Å². The Morgan fingerprint density at radius 1 is 0.704 bits per heavy atom. The van der Waals surface area contributed by atoms with Crippen LogP contribution in [0.3, 0.4) is 0 Å². The Bertz CT molecular complexity index is 499. The van der Waals surface area contributed by atoms with Crippen LogP contribution >= 0.6 is 0 Å². The lowest BCUT2D eigenvalue weighted by atomic mass is 9.97. The molecular formula is C25H40O2. The van der Waals surface area contributed by atoms with Crippen molar-refractivity contribution in [3.8, 4) is 0 Å². The Kier molecular flexibility index (Phi) is 16.4. The molecule has 0 heterocycles. The number of unbranched alkanes of at least 4 members (excludes halogenated alkanes) is 2. The van der Waals surface area contributed by atoms with E-state index < -0.39 is 5.41 Å². The lowest BCUT2D eigenvalue weighted by molar-refractivity contribution is -0.153. The standard InChI is InChI=1S/C25H40O2/c1-5-6-7-8-9-10-11-12-13-14-15-16-17-18-19-20-21-22-23-27-24(26)25(2,3)4/h6-7,9-10,12-13,15-16,18-19H,5,8,11,14,17,20-23H2,1-4H3/b7-6+,10-9-,13-12+,16-15+,19-18+. The van der Waals surface area contributed by atoms with Gasteiger partial charge in [0.05, 0.1) is 12.0 Å². The smallest absolute Gasteiger partial charge is 0.311 e. The van der Waals surface area contributed by atoms with Gasteiger partial charge >= 0.3 is 5.97 Å². The van der Waals surface area contributed by atoms with E-state index in [1.54, 1.807) is 0 Å². The van der Waals surface area contributed by atoms with Crippen LogP contribution in [0.1, 0.15) is 79.1 Å². The van der Waals surface area contributed by atoms with Crippen molar-refractivity contribution in [3.05, 3.63) is 60.8 Å². The quantitative estimate of drug-likeness (QED) is 0.179.